The van der Waals surface area contributed by atoms with Crippen LogP contribution in [0.25, 0.3) is 0 Å². The standard InChI is InChI=1S/C20H28N4O3S/c1-16-14-19(22(2)21-16)28(25,26)24-12-13-27-18(15-23-10-6-7-11-23)20(24)17-8-4-3-5-9-17/h3-5,8-9,14,18,20H,6-7,10-13,15H2,1-2H3/t18-,20-/m0/s1. The van der Waals surface area contributed by atoms with Crippen LogP contribution in [0.4, 0.5) is 0 Å². The Bertz CT molecular complexity index is 907. The van der Waals surface area contributed by atoms with Crippen LogP contribution in [0.5, 0.6) is 0 Å². The van der Waals surface area contributed by atoms with Crippen molar-refractivity contribution in [1.82, 2.24) is 19.0 Å². The summed E-state index contributed by atoms with van der Waals surface area (Å²) < 4.78 is 36.4. The summed E-state index contributed by atoms with van der Waals surface area (Å²) in [5, 5.41) is 4.47. The Kier molecular flexibility index (Phi) is 5.55. The molecule has 2 aliphatic heterocycles. The molecule has 0 unspecified atom stereocenters. The van der Waals surface area contributed by atoms with Crippen molar-refractivity contribution < 1.29 is 13.2 Å². The fraction of sp³-hybridized carbons (Fsp3) is 0.550. The lowest BCUT2D eigenvalue weighted by Crippen LogP contribution is -2.51. The fourth-order valence-electron chi connectivity index (χ4n) is 4.33. The normalized spacial score (nSPS) is 24.6. The number of benzene rings is 1. The van der Waals surface area contributed by atoms with E-state index in [0.717, 1.165) is 25.2 Å². The number of nitrogens with zero attached hydrogens (tertiary/aromatic N) is 4. The van der Waals surface area contributed by atoms with Crippen LogP contribution in [0.15, 0.2) is 41.4 Å². The fourth-order valence-corrected chi connectivity index (χ4v) is 6.14. The van der Waals surface area contributed by atoms with Gasteiger partial charge in [0.25, 0.3) is 10.0 Å². The lowest BCUT2D eigenvalue weighted by molar-refractivity contribution is -0.0543. The third-order valence-corrected chi connectivity index (χ3v) is 7.55. The van der Waals surface area contributed by atoms with E-state index in [0.29, 0.717) is 18.8 Å². The average Bonchev–Trinajstić information content (AvgIpc) is 3.31. The smallest absolute Gasteiger partial charge is 0.260 e. The SMILES string of the molecule is Cc1cc(S(=O)(=O)N2CCO[C@@H](CN3CCCC3)[C@@H]2c2ccccc2)n(C)n1. The van der Waals surface area contributed by atoms with Crippen LogP contribution < -0.4 is 0 Å². The second kappa shape index (κ2) is 7.94. The van der Waals surface area contributed by atoms with E-state index in [4.69, 9.17) is 4.74 Å². The van der Waals surface area contributed by atoms with E-state index in [9.17, 15) is 8.42 Å². The van der Waals surface area contributed by atoms with E-state index >= 15 is 0 Å². The molecule has 152 valence electrons. The van der Waals surface area contributed by atoms with Crippen molar-refractivity contribution in [3.8, 4) is 0 Å². The van der Waals surface area contributed by atoms with Gasteiger partial charge in [0.2, 0.25) is 0 Å². The van der Waals surface area contributed by atoms with Crippen molar-refractivity contribution in [3.05, 3.63) is 47.7 Å². The quantitative estimate of drug-likeness (QED) is 0.762. The van der Waals surface area contributed by atoms with Crippen molar-refractivity contribution >= 4 is 10.0 Å². The maximum absolute atomic E-state index is 13.6. The molecule has 7 nitrogen and oxygen atoms in total. The zero-order chi connectivity index (χ0) is 19.7. The zero-order valence-electron chi connectivity index (χ0n) is 16.5. The number of likely N-dealkylation sites (tertiary alicyclic amines) is 1. The summed E-state index contributed by atoms with van der Waals surface area (Å²) in [7, 11) is -2.02. The van der Waals surface area contributed by atoms with Gasteiger partial charge < -0.3 is 9.64 Å². The number of sulfonamides is 1. The predicted molar refractivity (Wildman–Crippen MR) is 106 cm³/mol. The highest BCUT2D eigenvalue weighted by Gasteiger charge is 2.42. The predicted octanol–water partition coefficient (Wildman–Crippen LogP) is 1.96. The van der Waals surface area contributed by atoms with E-state index in [1.54, 1.807) is 17.4 Å². The number of rotatable bonds is 5. The summed E-state index contributed by atoms with van der Waals surface area (Å²) in [4.78, 5) is 2.38. The topological polar surface area (TPSA) is 67.7 Å². The Morgan fingerprint density at radius 3 is 2.50 bits per heavy atom. The van der Waals surface area contributed by atoms with Gasteiger partial charge >= 0.3 is 0 Å². The third-order valence-electron chi connectivity index (χ3n) is 5.62. The molecule has 3 heterocycles. The molecule has 0 aliphatic carbocycles. The summed E-state index contributed by atoms with van der Waals surface area (Å²) in [6.07, 6.45) is 2.19. The maximum Gasteiger partial charge on any atom is 0.260 e. The van der Waals surface area contributed by atoms with Gasteiger partial charge in [-0.3, -0.25) is 4.68 Å². The van der Waals surface area contributed by atoms with Crippen LogP contribution in [0.2, 0.25) is 0 Å². The summed E-state index contributed by atoms with van der Waals surface area (Å²) in [6.45, 7) is 5.39. The van der Waals surface area contributed by atoms with Crippen LogP contribution in [-0.4, -0.2) is 66.3 Å². The van der Waals surface area contributed by atoms with E-state index in [1.807, 2.05) is 37.3 Å². The zero-order valence-corrected chi connectivity index (χ0v) is 17.3. The number of morpholine rings is 1. The molecule has 0 saturated carbocycles. The van der Waals surface area contributed by atoms with Crippen LogP contribution in [-0.2, 0) is 21.8 Å². The Labute approximate surface area is 166 Å². The highest BCUT2D eigenvalue weighted by atomic mass is 32.2. The Morgan fingerprint density at radius 1 is 1.14 bits per heavy atom. The molecule has 2 aliphatic rings. The molecule has 0 spiro atoms. The van der Waals surface area contributed by atoms with Crippen molar-refractivity contribution in [1.29, 1.82) is 0 Å². The molecule has 1 aromatic heterocycles. The van der Waals surface area contributed by atoms with Crippen molar-refractivity contribution in [2.45, 2.75) is 36.9 Å². The molecule has 0 radical (unpaired) electrons. The van der Waals surface area contributed by atoms with Crippen molar-refractivity contribution in [2.24, 2.45) is 7.05 Å². The van der Waals surface area contributed by atoms with Gasteiger partial charge in [0.1, 0.15) is 0 Å². The maximum atomic E-state index is 13.6. The van der Waals surface area contributed by atoms with E-state index in [-0.39, 0.29) is 17.2 Å². The van der Waals surface area contributed by atoms with Gasteiger partial charge in [-0.2, -0.15) is 9.40 Å². The summed E-state index contributed by atoms with van der Waals surface area (Å²) in [6, 6.07) is 11.1. The van der Waals surface area contributed by atoms with Crippen LogP contribution in [0.3, 0.4) is 0 Å². The molecular formula is C20H28N4O3S. The Balaban J connectivity index is 1.72. The van der Waals surface area contributed by atoms with Crippen molar-refractivity contribution in [2.75, 3.05) is 32.8 Å². The van der Waals surface area contributed by atoms with Gasteiger partial charge in [-0.05, 0) is 44.5 Å². The molecule has 2 fully saturated rings. The monoisotopic (exact) mass is 404 g/mol. The second-order valence-electron chi connectivity index (χ2n) is 7.64. The lowest BCUT2D eigenvalue weighted by atomic mass is 9.99. The summed E-state index contributed by atoms with van der Waals surface area (Å²) >= 11 is 0. The lowest BCUT2D eigenvalue weighted by Gasteiger charge is -2.41. The minimum absolute atomic E-state index is 0.196. The molecule has 0 amide bonds. The first-order valence-corrected chi connectivity index (χ1v) is 11.3. The highest BCUT2D eigenvalue weighted by Crippen LogP contribution is 2.35. The van der Waals surface area contributed by atoms with Gasteiger partial charge in [-0.25, -0.2) is 8.42 Å². The minimum Gasteiger partial charge on any atom is -0.373 e. The number of aromatic nitrogens is 2. The van der Waals surface area contributed by atoms with Crippen LogP contribution >= 0.6 is 0 Å². The van der Waals surface area contributed by atoms with Gasteiger partial charge in [-0.15, -0.1) is 0 Å². The van der Waals surface area contributed by atoms with E-state index in [1.165, 1.54) is 17.5 Å². The molecule has 28 heavy (non-hydrogen) atoms. The Hall–Kier alpha value is -1.74. The molecule has 0 bridgehead atoms. The number of hydrogen-bond acceptors (Lipinski definition) is 5. The van der Waals surface area contributed by atoms with Gasteiger partial charge in [0, 0.05) is 20.1 Å². The molecule has 2 aromatic rings. The first-order chi connectivity index (χ1) is 13.5. The number of hydrogen-bond donors (Lipinski definition) is 0. The highest BCUT2D eigenvalue weighted by molar-refractivity contribution is 7.89. The minimum atomic E-state index is -3.70. The van der Waals surface area contributed by atoms with Crippen LogP contribution in [0.1, 0.15) is 30.1 Å². The number of aryl methyl sites for hydroxylation is 2. The average molecular weight is 405 g/mol. The van der Waals surface area contributed by atoms with Crippen molar-refractivity contribution in [3.63, 3.8) is 0 Å². The Morgan fingerprint density at radius 2 is 1.86 bits per heavy atom. The van der Waals surface area contributed by atoms with E-state index < -0.39 is 10.0 Å². The first-order valence-electron chi connectivity index (χ1n) is 9.88. The van der Waals surface area contributed by atoms with Gasteiger partial charge in [0.15, 0.2) is 5.03 Å². The molecule has 2 saturated heterocycles. The molecule has 2 atom stereocenters. The first kappa shape index (κ1) is 19.6. The molecular weight excluding hydrogens is 376 g/mol. The molecule has 0 N–H and O–H groups in total. The molecule has 4 rings (SSSR count). The van der Waals surface area contributed by atoms with E-state index in [2.05, 4.69) is 10.00 Å². The summed E-state index contributed by atoms with van der Waals surface area (Å²) in [5.41, 5.74) is 1.66. The summed E-state index contributed by atoms with van der Waals surface area (Å²) in [5.74, 6) is 0. The number of ether oxygens (including phenoxy) is 1. The van der Waals surface area contributed by atoms with Gasteiger partial charge in [-0.1, -0.05) is 30.3 Å². The molecule has 1 aromatic carbocycles. The second-order valence-corrected chi connectivity index (χ2v) is 9.47. The largest absolute Gasteiger partial charge is 0.373 e. The van der Waals surface area contributed by atoms with Gasteiger partial charge in [0.05, 0.1) is 24.4 Å². The van der Waals surface area contributed by atoms with Crippen LogP contribution in [0, 0.1) is 6.92 Å². The molecule has 8 heteroatoms. The third kappa shape index (κ3) is 3.74.